The van der Waals surface area contributed by atoms with E-state index in [1.807, 2.05) is 13.0 Å². The van der Waals surface area contributed by atoms with E-state index in [0.29, 0.717) is 34.2 Å². The Balaban J connectivity index is 1.60. The lowest BCUT2D eigenvalue weighted by atomic mass is 9.95. The minimum Gasteiger partial charge on any atom is -0.467 e. The van der Waals surface area contributed by atoms with Gasteiger partial charge in [-0.15, -0.1) is 0 Å². The van der Waals surface area contributed by atoms with E-state index < -0.39 is 12.1 Å². The van der Waals surface area contributed by atoms with E-state index in [4.69, 9.17) is 16.0 Å². The minimum atomic E-state index is -0.728. The lowest BCUT2D eigenvalue weighted by Crippen LogP contribution is -2.47. The van der Waals surface area contributed by atoms with Crippen molar-refractivity contribution in [2.24, 2.45) is 0 Å². The first-order valence-corrected chi connectivity index (χ1v) is 10.5. The van der Waals surface area contributed by atoms with Gasteiger partial charge in [0, 0.05) is 11.6 Å². The number of amides is 4. The van der Waals surface area contributed by atoms with Gasteiger partial charge in [-0.2, -0.15) is 0 Å². The van der Waals surface area contributed by atoms with Crippen molar-refractivity contribution < 1.29 is 18.8 Å². The smallest absolute Gasteiger partial charge is 0.322 e. The van der Waals surface area contributed by atoms with Gasteiger partial charge in [0.25, 0.3) is 5.91 Å². The highest BCUT2D eigenvalue weighted by atomic mass is 35.5. The Kier molecular flexibility index (Phi) is 5.73. The summed E-state index contributed by atoms with van der Waals surface area (Å²) in [4.78, 5) is 41.9. The van der Waals surface area contributed by atoms with Crippen LogP contribution < -0.4 is 10.6 Å². The normalized spacial score (nSPS) is 19.4. The van der Waals surface area contributed by atoms with Gasteiger partial charge in [0.2, 0.25) is 5.91 Å². The number of carbonyl (C=O) groups excluding carboxylic acids is 3. The molecule has 2 aliphatic heterocycles. The number of benzene rings is 1. The number of nitrogens with one attached hydrogen (secondary N) is 2. The Labute approximate surface area is 184 Å². The molecule has 1 aromatic carbocycles. The third kappa shape index (κ3) is 3.79. The number of nitrogens with zero attached hydrogens (tertiary/aromatic N) is 2. The number of halogens is 1. The largest absolute Gasteiger partial charge is 0.467 e. The molecule has 0 saturated heterocycles. The molecule has 1 aromatic heterocycles. The van der Waals surface area contributed by atoms with Crippen molar-refractivity contribution in [3.05, 3.63) is 70.3 Å². The molecule has 0 unspecified atom stereocenters. The standard InChI is InChI=1S/C22H23ClN4O4/c1-3-26-17-12-27(13(2)20(28)24-11-14-7-6-10-31-14)21(29)18(17)19(25-22(26)30)15-8-4-5-9-16(15)23/h4-10,13,19H,3,11-12H2,1-2H3,(H,24,28)(H,25,30)/t13-,19+/m1/s1. The van der Waals surface area contributed by atoms with E-state index in [-0.39, 0.29) is 30.9 Å². The fourth-order valence-electron chi connectivity index (χ4n) is 3.98. The van der Waals surface area contributed by atoms with Crippen molar-refractivity contribution in [2.45, 2.75) is 32.5 Å². The highest BCUT2D eigenvalue weighted by Crippen LogP contribution is 2.38. The second kappa shape index (κ2) is 8.47. The molecule has 9 heteroatoms. The zero-order valence-electron chi connectivity index (χ0n) is 17.2. The zero-order chi connectivity index (χ0) is 22.1. The van der Waals surface area contributed by atoms with Gasteiger partial charge in [-0.05, 0) is 37.6 Å². The molecule has 4 rings (SSSR count). The van der Waals surface area contributed by atoms with Crippen LogP contribution in [0, 0.1) is 0 Å². The van der Waals surface area contributed by atoms with E-state index in [1.165, 1.54) is 16.1 Å². The van der Waals surface area contributed by atoms with Crippen LogP contribution in [0.5, 0.6) is 0 Å². The van der Waals surface area contributed by atoms with Crippen LogP contribution in [0.3, 0.4) is 0 Å². The molecule has 4 amide bonds. The minimum absolute atomic E-state index is 0.172. The third-order valence-corrected chi connectivity index (χ3v) is 5.99. The average molecular weight is 443 g/mol. The summed E-state index contributed by atoms with van der Waals surface area (Å²) < 4.78 is 5.23. The van der Waals surface area contributed by atoms with Gasteiger partial charge in [-0.3, -0.25) is 14.5 Å². The van der Waals surface area contributed by atoms with Crippen molar-refractivity contribution in [1.82, 2.24) is 20.4 Å². The van der Waals surface area contributed by atoms with Crippen LogP contribution >= 0.6 is 11.6 Å². The first kappa shape index (κ1) is 21.0. The van der Waals surface area contributed by atoms with E-state index in [2.05, 4.69) is 10.6 Å². The van der Waals surface area contributed by atoms with Crippen LogP contribution in [0.4, 0.5) is 4.79 Å². The van der Waals surface area contributed by atoms with Gasteiger partial charge in [-0.1, -0.05) is 29.8 Å². The second-order valence-corrected chi connectivity index (χ2v) is 7.82. The summed E-state index contributed by atoms with van der Waals surface area (Å²) in [7, 11) is 0. The highest BCUT2D eigenvalue weighted by molar-refractivity contribution is 6.31. The SMILES string of the molecule is CCN1C(=O)N[C@@H](c2ccccc2Cl)C2=C1CN([C@H](C)C(=O)NCc1ccco1)C2=O. The number of rotatable bonds is 6. The van der Waals surface area contributed by atoms with Crippen molar-refractivity contribution in [2.75, 3.05) is 13.1 Å². The van der Waals surface area contributed by atoms with E-state index in [1.54, 1.807) is 37.3 Å². The maximum absolute atomic E-state index is 13.4. The maximum Gasteiger partial charge on any atom is 0.322 e. The molecule has 2 aromatic rings. The Morgan fingerprint density at radius 3 is 2.74 bits per heavy atom. The molecule has 2 N–H and O–H groups in total. The number of hydrogen-bond acceptors (Lipinski definition) is 4. The molecule has 2 atom stereocenters. The van der Waals surface area contributed by atoms with Crippen LogP contribution in [0.25, 0.3) is 0 Å². The van der Waals surface area contributed by atoms with Crippen molar-refractivity contribution >= 4 is 29.4 Å². The lowest BCUT2D eigenvalue weighted by molar-refractivity contribution is -0.135. The van der Waals surface area contributed by atoms with Gasteiger partial charge in [0.05, 0.1) is 36.7 Å². The Bertz CT molecular complexity index is 1050. The van der Waals surface area contributed by atoms with Gasteiger partial charge in [-0.25, -0.2) is 4.79 Å². The molecule has 0 saturated carbocycles. The quantitative estimate of drug-likeness (QED) is 0.719. The molecule has 2 aliphatic rings. The molecule has 0 bridgehead atoms. The Hall–Kier alpha value is -3.26. The summed E-state index contributed by atoms with van der Waals surface area (Å²) >= 11 is 6.37. The van der Waals surface area contributed by atoms with Gasteiger partial charge in [0.15, 0.2) is 0 Å². The summed E-state index contributed by atoms with van der Waals surface area (Å²) in [6, 6.07) is 8.91. The zero-order valence-corrected chi connectivity index (χ0v) is 18.0. The van der Waals surface area contributed by atoms with Gasteiger partial charge >= 0.3 is 6.03 Å². The predicted molar refractivity (Wildman–Crippen MR) is 114 cm³/mol. The van der Waals surface area contributed by atoms with Crippen LogP contribution in [-0.2, 0) is 16.1 Å². The number of furan rings is 1. The highest BCUT2D eigenvalue weighted by Gasteiger charge is 2.46. The first-order chi connectivity index (χ1) is 14.9. The topological polar surface area (TPSA) is 94.9 Å². The number of carbonyl (C=O) groups is 3. The average Bonchev–Trinajstić information content (AvgIpc) is 3.39. The van der Waals surface area contributed by atoms with E-state index in [9.17, 15) is 14.4 Å². The molecule has 0 spiro atoms. The van der Waals surface area contributed by atoms with Gasteiger partial charge in [0.1, 0.15) is 11.8 Å². The maximum atomic E-state index is 13.4. The van der Waals surface area contributed by atoms with E-state index in [0.717, 1.165) is 0 Å². The summed E-state index contributed by atoms with van der Waals surface area (Å²) in [5.74, 6) is 0.0247. The monoisotopic (exact) mass is 442 g/mol. The molecule has 8 nitrogen and oxygen atoms in total. The Morgan fingerprint density at radius 1 is 1.29 bits per heavy atom. The van der Waals surface area contributed by atoms with Crippen LogP contribution in [0.15, 0.2) is 58.3 Å². The van der Waals surface area contributed by atoms with Crippen molar-refractivity contribution in [3.63, 3.8) is 0 Å². The van der Waals surface area contributed by atoms with E-state index >= 15 is 0 Å². The van der Waals surface area contributed by atoms with Crippen LogP contribution in [0.1, 0.15) is 31.2 Å². The fraction of sp³-hybridized carbons (Fsp3) is 0.318. The van der Waals surface area contributed by atoms with Crippen LogP contribution in [0.2, 0.25) is 5.02 Å². The van der Waals surface area contributed by atoms with Gasteiger partial charge < -0.3 is 20.0 Å². The second-order valence-electron chi connectivity index (χ2n) is 7.41. The number of urea groups is 1. The molecule has 31 heavy (non-hydrogen) atoms. The number of likely N-dealkylation sites (N-methyl/N-ethyl adjacent to an activating group) is 1. The number of hydrogen-bond donors (Lipinski definition) is 2. The first-order valence-electron chi connectivity index (χ1n) is 10.1. The molecule has 3 heterocycles. The third-order valence-electron chi connectivity index (χ3n) is 5.65. The predicted octanol–water partition coefficient (Wildman–Crippen LogP) is 2.82. The molecule has 0 radical (unpaired) electrons. The van der Waals surface area contributed by atoms with Crippen molar-refractivity contribution in [3.8, 4) is 0 Å². The van der Waals surface area contributed by atoms with Crippen molar-refractivity contribution in [1.29, 1.82) is 0 Å². The van der Waals surface area contributed by atoms with Crippen LogP contribution in [-0.4, -0.2) is 46.8 Å². The fourth-order valence-corrected chi connectivity index (χ4v) is 4.22. The summed E-state index contributed by atoms with van der Waals surface area (Å²) in [5, 5.41) is 6.14. The molecule has 162 valence electrons. The summed E-state index contributed by atoms with van der Waals surface area (Å²) in [5.41, 5.74) is 1.69. The summed E-state index contributed by atoms with van der Waals surface area (Å²) in [6.45, 7) is 4.32. The molecular formula is C22H23ClN4O4. The molecule has 0 aliphatic carbocycles. The molecular weight excluding hydrogens is 420 g/mol. The lowest BCUT2D eigenvalue weighted by Gasteiger charge is -2.33. The molecule has 0 fully saturated rings. The summed E-state index contributed by atoms with van der Waals surface area (Å²) in [6.07, 6.45) is 1.53. The Morgan fingerprint density at radius 2 is 2.06 bits per heavy atom.